The number of hydrazine groups is 1. The van der Waals surface area contributed by atoms with Gasteiger partial charge in [-0.25, -0.2) is 8.42 Å². The van der Waals surface area contributed by atoms with Crippen molar-refractivity contribution in [2.75, 3.05) is 11.7 Å². The Morgan fingerprint density at radius 3 is 2.38 bits per heavy atom. The van der Waals surface area contributed by atoms with Crippen LogP contribution in [0.3, 0.4) is 0 Å². The van der Waals surface area contributed by atoms with E-state index in [2.05, 4.69) is 5.43 Å². The lowest BCUT2D eigenvalue weighted by molar-refractivity contribution is 0.602. The second-order valence-electron chi connectivity index (χ2n) is 2.89. The van der Waals surface area contributed by atoms with Gasteiger partial charge < -0.3 is 5.43 Å². The van der Waals surface area contributed by atoms with E-state index in [1.165, 1.54) is 12.3 Å². The molecule has 0 radical (unpaired) electrons. The van der Waals surface area contributed by atoms with Gasteiger partial charge in [-0.1, -0.05) is 0 Å². The molecule has 1 aromatic rings. The van der Waals surface area contributed by atoms with Crippen LogP contribution in [0, 0.1) is 6.92 Å². The second-order valence-corrected chi connectivity index (χ2v) is 4.91. The van der Waals surface area contributed by atoms with E-state index in [1.807, 2.05) is 0 Å². The molecule has 0 spiro atoms. The molecule has 0 aliphatic rings. The lowest BCUT2D eigenvalue weighted by Gasteiger charge is -2.05. The van der Waals surface area contributed by atoms with Gasteiger partial charge in [0, 0.05) is 6.26 Å². The Hall–Kier alpha value is -1.07. The largest absolute Gasteiger partial charge is 0.324 e. The SMILES string of the molecule is Cc1cc(S(C)(=O)=O)ccc1NN. The standard InChI is InChI=1S/C8H12N2O2S/c1-6-5-7(13(2,11)12)3-4-8(6)10-9/h3-5,10H,9H2,1-2H3. The van der Waals surface area contributed by atoms with Gasteiger partial charge in [0.15, 0.2) is 9.84 Å². The summed E-state index contributed by atoms with van der Waals surface area (Å²) in [6.07, 6.45) is 1.18. The van der Waals surface area contributed by atoms with Crippen molar-refractivity contribution in [3.8, 4) is 0 Å². The zero-order valence-electron chi connectivity index (χ0n) is 7.53. The van der Waals surface area contributed by atoms with E-state index in [1.54, 1.807) is 19.1 Å². The molecule has 0 atom stereocenters. The highest BCUT2D eigenvalue weighted by atomic mass is 32.2. The molecule has 1 aromatic carbocycles. The Morgan fingerprint density at radius 2 is 2.00 bits per heavy atom. The number of rotatable bonds is 2. The van der Waals surface area contributed by atoms with Gasteiger partial charge in [-0.05, 0) is 30.7 Å². The number of anilines is 1. The number of nitrogen functional groups attached to an aromatic ring is 1. The molecule has 0 aromatic heterocycles. The van der Waals surface area contributed by atoms with Crippen LogP contribution in [0.1, 0.15) is 5.56 Å². The molecule has 0 fully saturated rings. The van der Waals surface area contributed by atoms with Crippen molar-refractivity contribution < 1.29 is 8.42 Å². The fraction of sp³-hybridized carbons (Fsp3) is 0.250. The number of sulfone groups is 1. The average molecular weight is 200 g/mol. The Labute approximate surface area is 77.6 Å². The molecular weight excluding hydrogens is 188 g/mol. The molecule has 0 amide bonds. The summed E-state index contributed by atoms with van der Waals surface area (Å²) in [5.41, 5.74) is 4.02. The van der Waals surface area contributed by atoms with Crippen LogP contribution in [-0.4, -0.2) is 14.7 Å². The quantitative estimate of drug-likeness (QED) is 0.544. The van der Waals surface area contributed by atoms with Crippen LogP contribution in [-0.2, 0) is 9.84 Å². The number of benzene rings is 1. The van der Waals surface area contributed by atoms with Crippen LogP contribution >= 0.6 is 0 Å². The highest BCUT2D eigenvalue weighted by molar-refractivity contribution is 7.90. The third-order valence-electron chi connectivity index (χ3n) is 1.78. The molecule has 0 aliphatic carbocycles. The summed E-state index contributed by atoms with van der Waals surface area (Å²) >= 11 is 0. The van der Waals surface area contributed by atoms with Gasteiger partial charge in [0.2, 0.25) is 0 Å². The maximum Gasteiger partial charge on any atom is 0.175 e. The Balaban J connectivity index is 3.26. The van der Waals surface area contributed by atoms with Crippen LogP contribution in [0.2, 0.25) is 0 Å². The lowest BCUT2D eigenvalue weighted by Crippen LogP contribution is -2.08. The number of nitrogens with one attached hydrogen (secondary N) is 1. The third kappa shape index (κ3) is 2.19. The molecule has 0 bridgehead atoms. The first kappa shape index (κ1) is 10.0. The maximum atomic E-state index is 11.1. The number of aryl methyl sites for hydroxylation is 1. The molecule has 0 saturated carbocycles. The predicted molar refractivity (Wildman–Crippen MR) is 52.1 cm³/mol. The minimum absolute atomic E-state index is 0.309. The van der Waals surface area contributed by atoms with Crippen molar-refractivity contribution in [3.05, 3.63) is 23.8 Å². The van der Waals surface area contributed by atoms with Crippen molar-refractivity contribution in [1.29, 1.82) is 0 Å². The molecule has 0 aliphatic heterocycles. The fourth-order valence-corrected chi connectivity index (χ4v) is 1.73. The van der Waals surface area contributed by atoms with E-state index >= 15 is 0 Å². The zero-order valence-corrected chi connectivity index (χ0v) is 8.35. The van der Waals surface area contributed by atoms with E-state index in [0.717, 1.165) is 11.3 Å². The first-order valence-electron chi connectivity index (χ1n) is 3.72. The Bertz CT molecular complexity index is 412. The van der Waals surface area contributed by atoms with Gasteiger partial charge >= 0.3 is 0 Å². The van der Waals surface area contributed by atoms with E-state index in [4.69, 9.17) is 5.84 Å². The molecular formula is C8H12N2O2S. The van der Waals surface area contributed by atoms with Gasteiger partial charge in [-0.3, -0.25) is 5.84 Å². The first-order chi connectivity index (χ1) is 5.95. The molecule has 0 saturated heterocycles. The lowest BCUT2D eigenvalue weighted by atomic mass is 10.2. The Kier molecular flexibility index (Phi) is 2.58. The summed E-state index contributed by atoms with van der Waals surface area (Å²) in [5, 5.41) is 0. The van der Waals surface area contributed by atoms with Crippen molar-refractivity contribution in [3.63, 3.8) is 0 Å². The number of hydrogen-bond acceptors (Lipinski definition) is 4. The zero-order chi connectivity index (χ0) is 10.1. The maximum absolute atomic E-state index is 11.1. The van der Waals surface area contributed by atoms with E-state index in [9.17, 15) is 8.42 Å². The van der Waals surface area contributed by atoms with Gasteiger partial charge in [0.25, 0.3) is 0 Å². The monoisotopic (exact) mass is 200 g/mol. The van der Waals surface area contributed by atoms with E-state index < -0.39 is 9.84 Å². The van der Waals surface area contributed by atoms with Crippen molar-refractivity contribution in [1.82, 2.24) is 0 Å². The summed E-state index contributed by atoms with van der Waals surface area (Å²) in [6.45, 7) is 1.80. The predicted octanol–water partition coefficient (Wildman–Crippen LogP) is 0.684. The molecule has 3 N–H and O–H groups in total. The van der Waals surface area contributed by atoms with Gasteiger partial charge in [0.1, 0.15) is 0 Å². The van der Waals surface area contributed by atoms with Gasteiger partial charge in [0.05, 0.1) is 10.6 Å². The molecule has 5 heteroatoms. The summed E-state index contributed by atoms with van der Waals surface area (Å²) in [6, 6.07) is 4.76. The van der Waals surface area contributed by atoms with Crippen LogP contribution in [0.4, 0.5) is 5.69 Å². The fourth-order valence-electron chi connectivity index (χ4n) is 1.03. The molecule has 0 unspecified atom stereocenters. The highest BCUT2D eigenvalue weighted by Crippen LogP contribution is 2.18. The van der Waals surface area contributed by atoms with Crippen molar-refractivity contribution in [2.45, 2.75) is 11.8 Å². The van der Waals surface area contributed by atoms with Crippen LogP contribution < -0.4 is 11.3 Å². The molecule has 0 heterocycles. The molecule has 72 valence electrons. The summed E-state index contributed by atoms with van der Waals surface area (Å²) < 4.78 is 22.3. The van der Waals surface area contributed by atoms with Crippen LogP contribution in [0.15, 0.2) is 23.1 Å². The molecule has 13 heavy (non-hydrogen) atoms. The average Bonchev–Trinajstić information content (AvgIpc) is 2.02. The number of nitrogens with two attached hydrogens (primary N) is 1. The van der Waals surface area contributed by atoms with E-state index in [0.29, 0.717) is 4.90 Å². The summed E-state index contributed by atoms with van der Waals surface area (Å²) in [4.78, 5) is 0.309. The topological polar surface area (TPSA) is 72.2 Å². The number of hydrogen-bond donors (Lipinski definition) is 2. The Morgan fingerprint density at radius 1 is 1.38 bits per heavy atom. The first-order valence-corrected chi connectivity index (χ1v) is 5.61. The smallest absolute Gasteiger partial charge is 0.175 e. The summed E-state index contributed by atoms with van der Waals surface area (Å²) in [5.74, 6) is 5.21. The van der Waals surface area contributed by atoms with Crippen molar-refractivity contribution >= 4 is 15.5 Å². The minimum atomic E-state index is -3.12. The van der Waals surface area contributed by atoms with Crippen LogP contribution in [0.5, 0.6) is 0 Å². The van der Waals surface area contributed by atoms with Crippen LogP contribution in [0.25, 0.3) is 0 Å². The van der Waals surface area contributed by atoms with Gasteiger partial charge in [-0.15, -0.1) is 0 Å². The van der Waals surface area contributed by atoms with Crippen molar-refractivity contribution in [2.24, 2.45) is 5.84 Å². The normalized spacial score (nSPS) is 11.3. The molecule has 1 rings (SSSR count). The summed E-state index contributed by atoms with van der Waals surface area (Å²) in [7, 11) is -3.12. The molecule has 4 nitrogen and oxygen atoms in total. The second kappa shape index (κ2) is 3.35. The minimum Gasteiger partial charge on any atom is -0.324 e. The van der Waals surface area contributed by atoms with E-state index in [-0.39, 0.29) is 0 Å². The third-order valence-corrected chi connectivity index (χ3v) is 2.89. The highest BCUT2D eigenvalue weighted by Gasteiger charge is 2.07. The van der Waals surface area contributed by atoms with Gasteiger partial charge in [-0.2, -0.15) is 0 Å².